The Morgan fingerprint density at radius 1 is 0.702 bits per heavy atom. The first kappa shape index (κ1) is 41.6. The van der Waals surface area contributed by atoms with E-state index < -0.39 is 98.8 Å². The zero-order chi connectivity index (χ0) is 34.9. The van der Waals surface area contributed by atoms with Crippen molar-refractivity contribution in [3.63, 3.8) is 0 Å². The summed E-state index contributed by atoms with van der Waals surface area (Å²) in [5.74, 6) is -1.26. The number of methoxy groups -OCH3 is 1. The molecular weight excluding hydrogens is 628 g/mol. The van der Waals surface area contributed by atoms with Gasteiger partial charge in [-0.25, -0.2) is 4.79 Å². The zero-order valence-electron chi connectivity index (χ0n) is 27.4. The second-order valence-corrected chi connectivity index (χ2v) is 12.3. The van der Waals surface area contributed by atoms with Crippen LogP contribution in [0, 0.1) is 0 Å². The van der Waals surface area contributed by atoms with Crippen molar-refractivity contribution in [3.05, 3.63) is 0 Å². The van der Waals surface area contributed by atoms with Gasteiger partial charge in [-0.3, -0.25) is 4.79 Å². The Kier molecular flexibility index (Phi) is 19.7. The SMILES string of the molecule is COC(=O)[C@H](O)CCCCCCCCCCCC[C@H](O)CO[C@@H]1O[C@H](COC(C)=O)[C@@H](O[C@@H]2O[C@H](CO)[C@@H](O)[C@H](O)[C@H]2O)[C@H](O)[C@H]1O. The predicted molar refractivity (Wildman–Crippen MR) is 161 cm³/mol. The number of carbonyl (C=O) groups excluding carboxylic acids is 2. The lowest BCUT2D eigenvalue weighted by atomic mass is 9.97. The maximum Gasteiger partial charge on any atom is 0.334 e. The molecule has 0 unspecified atom stereocenters. The van der Waals surface area contributed by atoms with Crippen molar-refractivity contribution in [2.24, 2.45) is 0 Å². The number of unbranched alkanes of at least 4 members (excludes halogenated alkanes) is 9. The van der Waals surface area contributed by atoms with E-state index in [-0.39, 0.29) is 6.61 Å². The van der Waals surface area contributed by atoms with Gasteiger partial charge in [0.15, 0.2) is 18.7 Å². The molecule has 0 amide bonds. The van der Waals surface area contributed by atoms with E-state index in [9.17, 15) is 50.4 Å². The molecule has 2 aliphatic heterocycles. The summed E-state index contributed by atoms with van der Waals surface area (Å²) in [6.07, 6.45) is -6.77. The largest absolute Gasteiger partial charge is 0.467 e. The highest BCUT2D eigenvalue weighted by Crippen LogP contribution is 2.30. The number of ether oxygens (including phenoxy) is 6. The quantitative estimate of drug-likeness (QED) is 0.0491. The van der Waals surface area contributed by atoms with Crippen LogP contribution in [-0.2, 0) is 38.0 Å². The summed E-state index contributed by atoms with van der Waals surface area (Å²) in [5.41, 5.74) is 0. The van der Waals surface area contributed by atoms with Gasteiger partial charge in [-0.15, -0.1) is 0 Å². The standard InChI is InChI=1S/C31H56O16/c1-18(33)43-17-22-28(47-31-26(39)24(37)23(36)21(15-32)45-31)25(38)27(40)30(46-22)44-16-19(34)13-11-9-7-5-3-4-6-8-10-12-14-20(35)29(41)42-2/h19-28,30-32,34-40H,3-17H2,1-2H3/t19-,20+,21+,22+,23+,24-,25+,26+,27+,28+,30+,31-/m0/s1. The molecule has 0 saturated carbocycles. The molecule has 16 heteroatoms. The van der Waals surface area contributed by atoms with Gasteiger partial charge in [0.1, 0.15) is 55.4 Å². The number of aliphatic hydroxyl groups is 8. The second-order valence-electron chi connectivity index (χ2n) is 12.3. The molecule has 2 aliphatic rings. The molecular formula is C31H56O16. The van der Waals surface area contributed by atoms with Gasteiger partial charge in [-0.2, -0.15) is 0 Å². The minimum atomic E-state index is -1.78. The highest BCUT2D eigenvalue weighted by atomic mass is 16.7. The van der Waals surface area contributed by atoms with Gasteiger partial charge in [-0.05, 0) is 12.8 Å². The van der Waals surface area contributed by atoms with Crippen LogP contribution in [0.1, 0.15) is 84.0 Å². The lowest BCUT2D eigenvalue weighted by molar-refractivity contribution is -0.360. The van der Waals surface area contributed by atoms with Crippen LogP contribution in [0.4, 0.5) is 0 Å². The first-order valence-corrected chi connectivity index (χ1v) is 16.6. The van der Waals surface area contributed by atoms with Crippen LogP contribution < -0.4 is 0 Å². The Balaban J connectivity index is 1.69. The smallest absolute Gasteiger partial charge is 0.334 e. The van der Waals surface area contributed by atoms with E-state index in [1.807, 2.05) is 0 Å². The molecule has 16 nitrogen and oxygen atoms in total. The highest BCUT2D eigenvalue weighted by molar-refractivity contribution is 5.74. The summed E-state index contributed by atoms with van der Waals surface area (Å²) < 4.78 is 31.8. The third-order valence-corrected chi connectivity index (χ3v) is 8.42. The van der Waals surface area contributed by atoms with E-state index in [0.29, 0.717) is 12.8 Å². The molecule has 2 rings (SSSR count). The number of esters is 2. The van der Waals surface area contributed by atoms with Gasteiger partial charge >= 0.3 is 11.9 Å². The summed E-state index contributed by atoms with van der Waals surface area (Å²) in [5, 5.41) is 81.4. The van der Waals surface area contributed by atoms with Crippen LogP contribution in [0.2, 0.25) is 0 Å². The van der Waals surface area contributed by atoms with Crippen molar-refractivity contribution in [3.8, 4) is 0 Å². The normalized spacial score (nSPS) is 32.5. The molecule has 2 heterocycles. The Morgan fingerprint density at radius 2 is 1.23 bits per heavy atom. The first-order chi connectivity index (χ1) is 22.4. The van der Waals surface area contributed by atoms with E-state index in [0.717, 1.165) is 71.1 Å². The van der Waals surface area contributed by atoms with Gasteiger partial charge in [0.05, 0.1) is 26.4 Å². The molecule has 0 bridgehead atoms. The Labute approximate surface area is 275 Å². The molecule has 0 aromatic rings. The van der Waals surface area contributed by atoms with Crippen LogP contribution in [-0.4, -0.2) is 153 Å². The average molecular weight is 685 g/mol. The topological polar surface area (TPSA) is 251 Å². The van der Waals surface area contributed by atoms with Crippen LogP contribution in [0.5, 0.6) is 0 Å². The van der Waals surface area contributed by atoms with E-state index in [2.05, 4.69) is 4.74 Å². The maximum absolute atomic E-state index is 11.5. The minimum Gasteiger partial charge on any atom is -0.467 e. The monoisotopic (exact) mass is 684 g/mol. The summed E-state index contributed by atoms with van der Waals surface area (Å²) >= 11 is 0. The molecule has 2 saturated heterocycles. The van der Waals surface area contributed by atoms with E-state index >= 15 is 0 Å². The third-order valence-electron chi connectivity index (χ3n) is 8.42. The molecule has 0 aromatic heterocycles. The lowest BCUT2D eigenvalue weighted by Crippen LogP contribution is -2.65. The van der Waals surface area contributed by atoms with Gasteiger partial charge in [-0.1, -0.05) is 64.2 Å². The molecule has 276 valence electrons. The number of hydrogen-bond donors (Lipinski definition) is 8. The Hall–Kier alpha value is -1.54. The maximum atomic E-state index is 11.5. The van der Waals surface area contributed by atoms with Gasteiger partial charge in [0.25, 0.3) is 0 Å². The van der Waals surface area contributed by atoms with Crippen molar-refractivity contribution in [1.82, 2.24) is 0 Å². The van der Waals surface area contributed by atoms with Crippen molar-refractivity contribution in [2.45, 2.75) is 158 Å². The predicted octanol–water partition coefficient (Wildman–Crippen LogP) is -1.23. The molecule has 8 N–H and O–H groups in total. The van der Waals surface area contributed by atoms with Crippen molar-refractivity contribution < 1.29 is 78.9 Å². The van der Waals surface area contributed by atoms with E-state index in [1.165, 1.54) is 7.11 Å². The fourth-order valence-electron chi connectivity index (χ4n) is 5.55. The van der Waals surface area contributed by atoms with Crippen LogP contribution in [0.15, 0.2) is 0 Å². The van der Waals surface area contributed by atoms with E-state index in [1.54, 1.807) is 0 Å². The number of aliphatic hydroxyl groups excluding tert-OH is 8. The molecule has 2 fully saturated rings. The van der Waals surface area contributed by atoms with E-state index in [4.69, 9.17) is 23.7 Å². The molecule has 0 aliphatic carbocycles. The minimum absolute atomic E-state index is 0.205. The average Bonchev–Trinajstić information content (AvgIpc) is 3.05. The summed E-state index contributed by atoms with van der Waals surface area (Å²) in [6.45, 7) is -0.199. The summed E-state index contributed by atoms with van der Waals surface area (Å²) in [4.78, 5) is 22.6. The Morgan fingerprint density at radius 3 is 1.79 bits per heavy atom. The lowest BCUT2D eigenvalue weighted by Gasteiger charge is -2.46. The Bertz CT molecular complexity index is 876. The third kappa shape index (κ3) is 14.1. The molecule has 12 atom stereocenters. The van der Waals surface area contributed by atoms with Crippen molar-refractivity contribution in [2.75, 3.05) is 26.9 Å². The zero-order valence-corrected chi connectivity index (χ0v) is 27.4. The summed E-state index contributed by atoms with van der Waals surface area (Å²) in [7, 11) is 1.26. The van der Waals surface area contributed by atoms with Crippen molar-refractivity contribution >= 4 is 11.9 Å². The number of hydrogen-bond acceptors (Lipinski definition) is 16. The molecule has 0 radical (unpaired) electrons. The molecule has 0 aromatic carbocycles. The first-order valence-electron chi connectivity index (χ1n) is 16.6. The van der Waals surface area contributed by atoms with Crippen LogP contribution in [0.25, 0.3) is 0 Å². The van der Waals surface area contributed by atoms with Crippen LogP contribution >= 0.6 is 0 Å². The molecule has 0 spiro atoms. The number of carbonyl (C=O) groups is 2. The van der Waals surface area contributed by atoms with Crippen LogP contribution in [0.3, 0.4) is 0 Å². The number of rotatable bonds is 22. The van der Waals surface area contributed by atoms with Crippen molar-refractivity contribution in [1.29, 1.82) is 0 Å². The fourth-order valence-corrected chi connectivity index (χ4v) is 5.55. The summed E-state index contributed by atoms with van der Waals surface area (Å²) in [6, 6.07) is 0. The van der Waals surface area contributed by atoms with Gasteiger partial charge in [0.2, 0.25) is 0 Å². The fraction of sp³-hybridized carbons (Fsp3) is 0.935. The second kappa shape index (κ2) is 22.2. The van der Waals surface area contributed by atoms with Gasteiger partial charge < -0.3 is 69.3 Å². The molecule has 47 heavy (non-hydrogen) atoms. The van der Waals surface area contributed by atoms with Gasteiger partial charge in [0, 0.05) is 6.92 Å². The highest BCUT2D eigenvalue weighted by Gasteiger charge is 2.51.